The first kappa shape index (κ1) is 35.2. The standard InChI is InChI=1S/C57H35N3S/c1-2-14-36(15-3-1)42-19-9-12-24-49(42)56-58-55(39-28-26-38(27-29-39)53-35-41-18-6-13-25-52(41)61-53)59-57(60-56)50-33-32-47(45-22-10-11-23-46(45)50)54-44-21-8-5-17-40(44)34-51-43-20-7-4-16-37(43)30-31-48(51)54/h1-35H. The minimum atomic E-state index is 0.630. The van der Waals surface area contributed by atoms with E-state index in [4.69, 9.17) is 15.0 Å². The summed E-state index contributed by atoms with van der Waals surface area (Å²) >= 11 is 1.81. The highest BCUT2D eigenvalue weighted by Crippen LogP contribution is 2.44. The summed E-state index contributed by atoms with van der Waals surface area (Å²) in [5.41, 5.74) is 8.60. The third-order valence-electron chi connectivity index (χ3n) is 11.9. The zero-order chi connectivity index (χ0) is 40.3. The summed E-state index contributed by atoms with van der Waals surface area (Å²) in [6.07, 6.45) is 0. The molecule has 0 saturated carbocycles. The highest BCUT2D eigenvalue weighted by molar-refractivity contribution is 7.22. The fourth-order valence-electron chi connectivity index (χ4n) is 9.02. The van der Waals surface area contributed by atoms with Crippen LogP contribution in [-0.2, 0) is 0 Å². The van der Waals surface area contributed by atoms with E-state index in [1.165, 1.54) is 64.0 Å². The Bertz CT molecular complexity index is 3610. The molecule has 0 bridgehead atoms. The average Bonchev–Trinajstić information content (AvgIpc) is 3.78. The van der Waals surface area contributed by atoms with Gasteiger partial charge in [0.05, 0.1) is 0 Å². The molecule has 0 aliphatic heterocycles. The number of nitrogens with zero attached hydrogens (tertiary/aromatic N) is 3. The molecule has 0 atom stereocenters. The minimum Gasteiger partial charge on any atom is -0.208 e. The molecule has 0 aliphatic carbocycles. The van der Waals surface area contributed by atoms with Crippen LogP contribution in [0.3, 0.4) is 0 Å². The fourth-order valence-corrected chi connectivity index (χ4v) is 10.1. The van der Waals surface area contributed by atoms with E-state index in [1.54, 1.807) is 0 Å². The Labute approximate surface area is 356 Å². The topological polar surface area (TPSA) is 38.7 Å². The van der Waals surface area contributed by atoms with Gasteiger partial charge in [-0.05, 0) is 101 Å². The zero-order valence-corrected chi connectivity index (χ0v) is 33.8. The molecule has 61 heavy (non-hydrogen) atoms. The molecular formula is C57H35N3S. The molecule has 0 amide bonds. The predicted molar refractivity (Wildman–Crippen MR) is 258 cm³/mol. The van der Waals surface area contributed by atoms with E-state index in [0.717, 1.165) is 38.6 Å². The van der Waals surface area contributed by atoms with Crippen LogP contribution >= 0.6 is 11.3 Å². The Balaban J connectivity index is 1.07. The molecule has 10 aromatic carbocycles. The van der Waals surface area contributed by atoms with Gasteiger partial charge in [0.2, 0.25) is 0 Å². The van der Waals surface area contributed by atoms with Crippen LogP contribution in [-0.4, -0.2) is 15.0 Å². The number of hydrogen-bond donors (Lipinski definition) is 0. The van der Waals surface area contributed by atoms with Crippen LogP contribution in [0.25, 0.3) is 120 Å². The Kier molecular flexibility index (Phi) is 8.36. The van der Waals surface area contributed by atoms with Crippen LogP contribution < -0.4 is 0 Å². The number of rotatable bonds is 6. The van der Waals surface area contributed by atoms with Crippen molar-refractivity contribution in [3.05, 3.63) is 212 Å². The molecule has 2 aromatic heterocycles. The van der Waals surface area contributed by atoms with E-state index in [9.17, 15) is 0 Å². The van der Waals surface area contributed by atoms with Crippen LogP contribution in [0.5, 0.6) is 0 Å². The Morgan fingerprint density at radius 3 is 1.64 bits per heavy atom. The van der Waals surface area contributed by atoms with Gasteiger partial charge in [0, 0.05) is 26.3 Å². The highest BCUT2D eigenvalue weighted by atomic mass is 32.1. The average molecular weight is 794 g/mol. The fraction of sp³-hybridized carbons (Fsp3) is 0. The summed E-state index contributed by atoms with van der Waals surface area (Å²) in [5.74, 6) is 1.90. The maximum atomic E-state index is 5.34. The third kappa shape index (κ3) is 6.07. The van der Waals surface area contributed by atoms with Crippen molar-refractivity contribution in [1.82, 2.24) is 15.0 Å². The second-order valence-corrected chi connectivity index (χ2v) is 16.6. The number of fused-ring (bicyclic) bond motifs is 6. The Hall–Kier alpha value is -7.79. The lowest BCUT2D eigenvalue weighted by molar-refractivity contribution is 1.08. The van der Waals surface area contributed by atoms with Gasteiger partial charge in [-0.15, -0.1) is 11.3 Å². The maximum Gasteiger partial charge on any atom is 0.164 e. The van der Waals surface area contributed by atoms with Crippen molar-refractivity contribution in [2.75, 3.05) is 0 Å². The van der Waals surface area contributed by atoms with Crippen LogP contribution in [0.2, 0.25) is 0 Å². The molecule has 4 heteroatoms. The molecule has 284 valence electrons. The smallest absolute Gasteiger partial charge is 0.164 e. The van der Waals surface area contributed by atoms with Crippen LogP contribution in [0, 0.1) is 0 Å². The third-order valence-corrected chi connectivity index (χ3v) is 13.1. The van der Waals surface area contributed by atoms with E-state index < -0.39 is 0 Å². The van der Waals surface area contributed by atoms with Crippen LogP contribution in [0.4, 0.5) is 0 Å². The van der Waals surface area contributed by atoms with Gasteiger partial charge < -0.3 is 0 Å². The molecule has 0 spiro atoms. The second kappa shape index (κ2) is 14.5. The summed E-state index contributed by atoms with van der Waals surface area (Å²) < 4.78 is 1.28. The quantitative estimate of drug-likeness (QED) is 0.124. The largest absolute Gasteiger partial charge is 0.208 e. The van der Waals surface area contributed by atoms with Gasteiger partial charge in [-0.2, -0.15) is 0 Å². The van der Waals surface area contributed by atoms with Gasteiger partial charge in [0.15, 0.2) is 17.5 Å². The molecule has 0 saturated heterocycles. The SMILES string of the molecule is c1ccc(-c2ccccc2-c2nc(-c3ccc(-c4cc5ccccc5s4)cc3)nc(-c3ccc(-c4c5ccccc5cc5c4ccc4ccccc45)c4ccccc34)n2)cc1. The molecule has 0 fully saturated rings. The van der Waals surface area contributed by atoms with E-state index in [0.29, 0.717) is 17.5 Å². The molecule has 3 nitrogen and oxygen atoms in total. The van der Waals surface area contributed by atoms with E-state index in [-0.39, 0.29) is 0 Å². The summed E-state index contributed by atoms with van der Waals surface area (Å²) in [5, 5.41) is 10.9. The van der Waals surface area contributed by atoms with Crippen molar-refractivity contribution in [3.63, 3.8) is 0 Å². The number of thiophene rings is 1. The molecule has 12 rings (SSSR count). The maximum absolute atomic E-state index is 5.34. The minimum absolute atomic E-state index is 0.630. The summed E-state index contributed by atoms with van der Waals surface area (Å²) in [6, 6.07) is 75.9. The lowest BCUT2D eigenvalue weighted by Gasteiger charge is -2.17. The van der Waals surface area contributed by atoms with Gasteiger partial charge in [-0.1, -0.05) is 188 Å². The molecule has 0 aliphatic rings. The van der Waals surface area contributed by atoms with Crippen molar-refractivity contribution in [1.29, 1.82) is 0 Å². The first-order valence-corrected chi connectivity index (χ1v) is 21.4. The van der Waals surface area contributed by atoms with E-state index in [2.05, 4.69) is 206 Å². The molecule has 12 aromatic rings. The molecule has 0 radical (unpaired) electrons. The first-order chi connectivity index (χ1) is 30.2. The lowest BCUT2D eigenvalue weighted by atomic mass is 9.87. The monoisotopic (exact) mass is 793 g/mol. The molecule has 2 heterocycles. The zero-order valence-electron chi connectivity index (χ0n) is 33.0. The van der Waals surface area contributed by atoms with Gasteiger partial charge in [-0.3, -0.25) is 0 Å². The van der Waals surface area contributed by atoms with Crippen LogP contribution in [0.15, 0.2) is 212 Å². The van der Waals surface area contributed by atoms with Crippen molar-refractivity contribution < 1.29 is 0 Å². The van der Waals surface area contributed by atoms with Crippen LogP contribution in [0.1, 0.15) is 0 Å². The van der Waals surface area contributed by atoms with Gasteiger partial charge in [0.1, 0.15) is 0 Å². The van der Waals surface area contributed by atoms with Crippen molar-refractivity contribution in [3.8, 4) is 66.9 Å². The predicted octanol–water partition coefficient (Wildman–Crippen LogP) is 15.7. The summed E-state index contributed by atoms with van der Waals surface area (Å²) in [6.45, 7) is 0. The van der Waals surface area contributed by atoms with E-state index in [1.807, 2.05) is 17.4 Å². The van der Waals surface area contributed by atoms with Gasteiger partial charge >= 0.3 is 0 Å². The number of hydrogen-bond acceptors (Lipinski definition) is 4. The van der Waals surface area contributed by atoms with E-state index >= 15 is 0 Å². The lowest BCUT2D eigenvalue weighted by Crippen LogP contribution is -2.01. The molecule has 0 unspecified atom stereocenters. The Morgan fingerprint density at radius 1 is 0.279 bits per heavy atom. The Morgan fingerprint density at radius 2 is 0.852 bits per heavy atom. The van der Waals surface area contributed by atoms with Crippen molar-refractivity contribution in [2.45, 2.75) is 0 Å². The first-order valence-electron chi connectivity index (χ1n) is 20.6. The van der Waals surface area contributed by atoms with Crippen molar-refractivity contribution in [2.24, 2.45) is 0 Å². The second-order valence-electron chi connectivity index (χ2n) is 15.5. The van der Waals surface area contributed by atoms with Crippen molar-refractivity contribution >= 4 is 64.5 Å². The summed E-state index contributed by atoms with van der Waals surface area (Å²) in [7, 11) is 0. The molecule has 0 N–H and O–H groups in total. The molecular weight excluding hydrogens is 759 g/mol. The number of aromatic nitrogens is 3. The number of benzene rings is 10. The van der Waals surface area contributed by atoms with Gasteiger partial charge in [0.25, 0.3) is 0 Å². The normalized spacial score (nSPS) is 11.6. The summed E-state index contributed by atoms with van der Waals surface area (Å²) in [4.78, 5) is 17.1. The highest BCUT2D eigenvalue weighted by Gasteiger charge is 2.20. The van der Waals surface area contributed by atoms with Gasteiger partial charge in [-0.25, -0.2) is 15.0 Å².